The summed E-state index contributed by atoms with van der Waals surface area (Å²) in [6.45, 7) is 1.68. The quantitative estimate of drug-likeness (QED) is 0.836. The zero-order valence-electron chi connectivity index (χ0n) is 11.2. The molecule has 5 heteroatoms. The fraction of sp³-hybridized carbons (Fsp3) is 0.429. The van der Waals surface area contributed by atoms with E-state index in [-0.39, 0.29) is 11.8 Å². The number of esters is 1. The lowest BCUT2D eigenvalue weighted by molar-refractivity contribution is -0.119. The van der Waals surface area contributed by atoms with Crippen molar-refractivity contribution in [1.82, 2.24) is 4.90 Å². The van der Waals surface area contributed by atoms with Crippen molar-refractivity contribution < 1.29 is 14.3 Å². The van der Waals surface area contributed by atoms with E-state index in [4.69, 9.17) is 4.74 Å². The summed E-state index contributed by atoms with van der Waals surface area (Å²) < 4.78 is 4.70. The lowest BCUT2D eigenvalue weighted by Gasteiger charge is -2.13. The molecule has 0 radical (unpaired) electrons. The number of hydrogen-bond donors (Lipinski definition) is 1. The number of hydrogen-bond acceptors (Lipinski definition) is 4. The maximum atomic E-state index is 12.1. The third-order valence-corrected chi connectivity index (χ3v) is 3.35. The molecule has 1 fully saturated rings. The summed E-state index contributed by atoms with van der Waals surface area (Å²) in [5.74, 6) is -0.504. The number of likely N-dealkylation sites (tertiary alicyclic amines) is 1. The highest BCUT2D eigenvalue weighted by Crippen LogP contribution is 2.20. The Morgan fingerprint density at radius 3 is 2.74 bits per heavy atom. The van der Waals surface area contributed by atoms with Crippen LogP contribution in [0.1, 0.15) is 16.8 Å². The van der Waals surface area contributed by atoms with Crippen molar-refractivity contribution in [3.63, 3.8) is 0 Å². The number of rotatable bonds is 3. The third kappa shape index (κ3) is 3.12. The van der Waals surface area contributed by atoms with Crippen molar-refractivity contribution in [2.24, 2.45) is 5.92 Å². The maximum Gasteiger partial charge on any atom is 0.339 e. The molecule has 1 aliphatic heterocycles. The highest BCUT2D eigenvalue weighted by molar-refractivity contribution is 6.01. The lowest BCUT2D eigenvalue weighted by Crippen LogP contribution is -2.26. The summed E-state index contributed by atoms with van der Waals surface area (Å²) in [5.41, 5.74) is 0.888. The summed E-state index contributed by atoms with van der Waals surface area (Å²) in [6.07, 6.45) is 0.850. The SMILES string of the molecule is COC(=O)c1ccccc1NC(=O)C1CCN(C)C1. The first kappa shape index (κ1) is 13.5. The van der Waals surface area contributed by atoms with E-state index in [0.29, 0.717) is 11.3 Å². The Balaban J connectivity index is 2.10. The molecule has 0 spiro atoms. The van der Waals surface area contributed by atoms with Crippen LogP contribution in [0.15, 0.2) is 24.3 Å². The number of nitrogens with one attached hydrogen (secondary N) is 1. The van der Waals surface area contributed by atoms with Gasteiger partial charge in [-0.1, -0.05) is 12.1 Å². The Morgan fingerprint density at radius 2 is 2.11 bits per heavy atom. The topological polar surface area (TPSA) is 58.6 Å². The van der Waals surface area contributed by atoms with E-state index in [1.807, 2.05) is 7.05 Å². The second-order valence-electron chi connectivity index (χ2n) is 4.77. The zero-order valence-corrected chi connectivity index (χ0v) is 11.2. The average molecular weight is 262 g/mol. The molecule has 0 aromatic heterocycles. The van der Waals surface area contributed by atoms with E-state index in [0.717, 1.165) is 19.5 Å². The number of methoxy groups -OCH3 is 1. The van der Waals surface area contributed by atoms with Crippen LogP contribution >= 0.6 is 0 Å². The van der Waals surface area contributed by atoms with Gasteiger partial charge in [0, 0.05) is 6.54 Å². The minimum absolute atomic E-state index is 0.0179. The Morgan fingerprint density at radius 1 is 1.37 bits per heavy atom. The van der Waals surface area contributed by atoms with E-state index >= 15 is 0 Å². The first-order valence-electron chi connectivity index (χ1n) is 6.28. The number of ether oxygens (including phenoxy) is 1. The van der Waals surface area contributed by atoms with Gasteiger partial charge < -0.3 is 15.0 Å². The summed E-state index contributed by atoms with van der Waals surface area (Å²) in [5, 5.41) is 2.82. The van der Waals surface area contributed by atoms with Crippen LogP contribution in [-0.2, 0) is 9.53 Å². The van der Waals surface area contributed by atoms with Crippen LogP contribution in [0.25, 0.3) is 0 Å². The van der Waals surface area contributed by atoms with Crippen LogP contribution < -0.4 is 5.32 Å². The number of nitrogens with zero attached hydrogens (tertiary/aromatic N) is 1. The molecule has 5 nitrogen and oxygen atoms in total. The molecule has 0 bridgehead atoms. The summed E-state index contributed by atoms with van der Waals surface area (Å²) in [7, 11) is 3.32. The number of para-hydroxylation sites is 1. The van der Waals surface area contributed by atoms with Gasteiger partial charge >= 0.3 is 5.97 Å². The minimum atomic E-state index is -0.445. The highest BCUT2D eigenvalue weighted by Gasteiger charge is 2.26. The van der Waals surface area contributed by atoms with Gasteiger partial charge in [-0.3, -0.25) is 4.79 Å². The van der Waals surface area contributed by atoms with Gasteiger partial charge in [-0.05, 0) is 32.1 Å². The van der Waals surface area contributed by atoms with Crippen molar-refractivity contribution >= 4 is 17.6 Å². The molecule has 1 saturated heterocycles. The van der Waals surface area contributed by atoms with Crippen molar-refractivity contribution in [2.45, 2.75) is 6.42 Å². The van der Waals surface area contributed by atoms with Gasteiger partial charge in [0.25, 0.3) is 0 Å². The molecular formula is C14H18N2O3. The predicted molar refractivity (Wildman–Crippen MR) is 72.0 cm³/mol. The fourth-order valence-electron chi connectivity index (χ4n) is 2.26. The zero-order chi connectivity index (χ0) is 13.8. The van der Waals surface area contributed by atoms with Gasteiger partial charge in [-0.25, -0.2) is 4.79 Å². The largest absolute Gasteiger partial charge is 0.465 e. The molecule has 1 unspecified atom stereocenters. The van der Waals surface area contributed by atoms with Crippen molar-refractivity contribution in [3.8, 4) is 0 Å². The average Bonchev–Trinajstić information content (AvgIpc) is 2.85. The van der Waals surface area contributed by atoms with Crippen LogP contribution in [0.3, 0.4) is 0 Å². The summed E-state index contributed by atoms with van der Waals surface area (Å²) in [6, 6.07) is 6.87. The number of carbonyl (C=O) groups is 2. The van der Waals surface area contributed by atoms with Crippen molar-refractivity contribution in [2.75, 3.05) is 32.6 Å². The Hall–Kier alpha value is -1.88. The van der Waals surface area contributed by atoms with E-state index in [1.165, 1.54) is 7.11 Å². The smallest absolute Gasteiger partial charge is 0.339 e. The van der Waals surface area contributed by atoms with E-state index in [9.17, 15) is 9.59 Å². The molecule has 0 saturated carbocycles. The van der Waals surface area contributed by atoms with Crippen LogP contribution in [0, 0.1) is 5.92 Å². The number of amides is 1. The van der Waals surface area contributed by atoms with Crippen LogP contribution in [0.4, 0.5) is 5.69 Å². The van der Waals surface area contributed by atoms with Crippen LogP contribution in [0.2, 0.25) is 0 Å². The monoisotopic (exact) mass is 262 g/mol. The Kier molecular flexibility index (Phi) is 4.16. The molecule has 1 aliphatic rings. The molecule has 1 N–H and O–H groups in total. The molecule has 1 atom stereocenters. The summed E-state index contributed by atoms with van der Waals surface area (Å²) in [4.78, 5) is 25.9. The summed E-state index contributed by atoms with van der Waals surface area (Å²) >= 11 is 0. The molecule has 1 aromatic rings. The minimum Gasteiger partial charge on any atom is -0.465 e. The van der Waals surface area contributed by atoms with E-state index < -0.39 is 5.97 Å². The van der Waals surface area contributed by atoms with Gasteiger partial charge in [0.2, 0.25) is 5.91 Å². The van der Waals surface area contributed by atoms with Crippen molar-refractivity contribution in [3.05, 3.63) is 29.8 Å². The second-order valence-corrected chi connectivity index (χ2v) is 4.77. The molecule has 2 rings (SSSR count). The number of benzene rings is 1. The molecule has 1 heterocycles. The fourth-order valence-corrected chi connectivity index (χ4v) is 2.26. The maximum absolute atomic E-state index is 12.1. The molecule has 1 amide bonds. The molecule has 1 aromatic carbocycles. The van der Waals surface area contributed by atoms with Gasteiger partial charge in [-0.15, -0.1) is 0 Å². The van der Waals surface area contributed by atoms with Gasteiger partial charge in [0.1, 0.15) is 0 Å². The first-order valence-corrected chi connectivity index (χ1v) is 6.28. The van der Waals surface area contributed by atoms with Gasteiger partial charge in [0.05, 0.1) is 24.3 Å². The second kappa shape index (κ2) is 5.84. The number of anilines is 1. The van der Waals surface area contributed by atoms with Gasteiger partial charge in [-0.2, -0.15) is 0 Å². The predicted octanol–water partition coefficient (Wildman–Crippen LogP) is 1.36. The Labute approximate surface area is 112 Å². The number of carbonyl (C=O) groups excluding carboxylic acids is 2. The Bertz CT molecular complexity index is 487. The van der Waals surface area contributed by atoms with Gasteiger partial charge in [0.15, 0.2) is 0 Å². The van der Waals surface area contributed by atoms with Crippen LogP contribution in [0.5, 0.6) is 0 Å². The normalized spacial score (nSPS) is 19.2. The van der Waals surface area contributed by atoms with Crippen LogP contribution in [-0.4, -0.2) is 44.0 Å². The molecule has 0 aliphatic carbocycles. The third-order valence-electron chi connectivity index (χ3n) is 3.35. The molecule has 102 valence electrons. The molecular weight excluding hydrogens is 244 g/mol. The van der Waals surface area contributed by atoms with Crippen molar-refractivity contribution in [1.29, 1.82) is 0 Å². The van der Waals surface area contributed by atoms with E-state index in [1.54, 1.807) is 24.3 Å². The lowest BCUT2D eigenvalue weighted by atomic mass is 10.1. The van der Waals surface area contributed by atoms with E-state index in [2.05, 4.69) is 10.2 Å². The first-order chi connectivity index (χ1) is 9.11. The molecule has 19 heavy (non-hydrogen) atoms. The highest BCUT2D eigenvalue weighted by atomic mass is 16.5. The standard InChI is InChI=1S/C14H18N2O3/c1-16-8-7-10(9-16)13(17)15-12-6-4-3-5-11(12)14(18)19-2/h3-6,10H,7-9H2,1-2H3,(H,15,17).